The number of β-amino-alcohol motifs (C(OH)–C–C–N with tert-alkyl or cyclic N) is 1. The molecule has 4 aliphatic rings. The predicted octanol–water partition coefficient (Wildman–Crippen LogP) is 2.78. The van der Waals surface area contributed by atoms with E-state index >= 15 is 0 Å². The molecule has 0 aromatic heterocycles. The third-order valence-electron chi connectivity index (χ3n) is 7.65. The normalized spacial score (nSPS) is 33.6. The summed E-state index contributed by atoms with van der Waals surface area (Å²) in [5.74, 6) is -2.19. The number of aliphatic hydroxyl groups excluding tert-OH is 1. The average molecular weight is 497 g/mol. The van der Waals surface area contributed by atoms with Gasteiger partial charge in [-0.3, -0.25) is 14.4 Å². The minimum atomic E-state index is -0.901. The van der Waals surface area contributed by atoms with Crippen molar-refractivity contribution in [2.75, 3.05) is 31.2 Å². The van der Waals surface area contributed by atoms with Crippen LogP contribution in [0.2, 0.25) is 0 Å². The summed E-state index contributed by atoms with van der Waals surface area (Å²) in [6.07, 6.45) is 10.7. The number of aryl methyl sites for hydroxylation is 2. The highest BCUT2D eigenvalue weighted by Crippen LogP contribution is 2.60. The molecule has 186 valence electrons. The largest absolute Gasteiger partial charge is 0.465 e. The Kier molecular flexibility index (Phi) is 6.53. The Hall–Kier alpha value is -2.58. The number of anilines is 1. The Morgan fingerprint density at radius 3 is 2.63 bits per heavy atom. The Bertz CT molecular complexity index is 1080. The first-order chi connectivity index (χ1) is 16.9. The molecule has 0 aliphatic carbocycles. The van der Waals surface area contributed by atoms with E-state index in [4.69, 9.17) is 4.74 Å². The molecular formula is C27H32N2O5S. The zero-order valence-electron chi connectivity index (χ0n) is 20.2. The van der Waals surface area contributed by atoms with Gasteiger partial charge >= 0.3 is 5.97 Å². The smallest absolute Gasteiger partial charge is 0.311 e. The topological polar surface area (TPSA) is 87.2 Å². The van der Waals surface area contributed by atoms with Gasteiger partial charge in [0.15, 0.2) is 0 Å². The first-order valence-electron chi connectivity index (χ1n) is 12.4. The lowest BCUT2D eigenvalue weighted by atomic mass is 9.78. The van der Waals surface area contributed by atoms with Crippen LogP contribution in [0.1, 0.15) is 30.4 Å². The number of carbonyl (C=O) groups excluding carboxylic acids is 3. The van der Waals surface area contributed by atoms with E-state index in [0.29, 0.717) is 13.2 Å². The van der Waals surface area contributed by atoms with Crippen LogP contribution in [-0.2, 0) is 19.1 Å². The third-order valence-corrected chi connectivity index (χ3v) is 9.40. The van der Waals surface area contributed by atoms with Crippen LogP contribution in [0.15, 0.2) is 42.5 Å². The molecule has 4 heterocycles. The van der Waals surface area contributed by atoms with Crippen molar-refractivity contribution in [3.8, 4) is 0 Å². The molecule has 7 nitrogen and oxygen atoms in total. The highest BCUT2D eigenvalue weighted by atomic mass is 32.2. The summed E-state index contributed by atoms with van der Waals surface area (Å²) in [4.78, 5) is 44.7. The number of para-hydroxylation sites is 1. The van der Waals surface area contributed by atoms with Gasteiger partial charge in [-0.2, -0.15) is 0 Å². The Labute approximate surface area is 210 Å². The Morgan fingerprint density at radius 2 is 1.89 bits per heavy atom. The maximum absolute atomic E-state index is 14.3. The molecule has 2 fully saturated rings. The van der Waals surface area contributed by atoms with Gasteiger partial charge in [0, 0.05) is 24.0 Å². The molecular weight excluding hydrogens is 464 g/mol. The first-order valence-corrected chi connectivity index (χ1v) is 13.3. The van der Waals surface area contributed by atoms with Gasteiger partial charge in [0.05, 0.1) is 29.8 Å². The number of esters is 1. The van der Waals surface area contributed by atoms with Crippen LogP contribution < -0.4 is 4.90 Å². The van der Waals surface area contributed by atoms with Crippen LogP contribution in [0.5, 0.6) is 0 Å². The van der Waals surface area contributed by atoms with E-state index < -0.39 is 22.6 Å². The highest BCUT2D eigenvalue weighted by Gasteiger charge is 2.70. The molecule has 8 heteroatoms. The van der Waals surface area contributed by atoms with Gasteiger partial charge < -0.3 is 19.6 Å². The minimum absolute atomic E-state index is 0.0464. The van der Waals surface area contributed by atoms with Crippen molar-refractivity contribution in [1.82, 2.24) is 4.90 Å². The van der Waals surface area contributed by atoms with Crippen LogP contribution in [0.4, 0.5) is 5.69 Å². The number of rotatable bonds is 3. The zero-order valence-corrected chi connectivity index (χ0v) is 21.0. The number of thioether (sulfide) groups is 1. The average Bonchev–Trinajstić information content (AvgIpc) is 3.20. The van der Waals surface area contributed by atoms with Crippen molar-refractivity contribution in [1.29, 1.82) is 0 Å². The summed E-state index contributed by atoms with van der Waals surface area (Å²) < 4.78 is 4.71. The number of benzene rings is 1. The second kappa shape index (κ2) is 9.47. The van der Waals surface area contributed by atoms with E-state index in [9.17, 15) is 19.5 Å². The Balaban J connectivity index is 1.62. The number of hydrogen-bond acceptors (Lipinski definition) is 6. The maximum atomic E-state index is 14.3. The number of nitrogens with zero attached hydrogens (tertiary/aromatic N) is 2. The van der Waals surface area contributed by atoms with Gasteiger partial charge in [0.25, 0.3) is 5.91 Å². The van der Waals surface area contributed by atoms with Gasteiger partial charge in [-0.25, -0.2) is 0 Å². The molecule has 0 saturated carbocycles. The first kappa shape index (κ1) is 24.1. The molecule has 1 spiro atoms. The molecule has 1 aromatic rings. The van der Waals surface area contributed by atoms with Gasteiger partial charge in [0.1, 0.15) is 6.04 Å². The summed E-state index contributed by atoms with van der Waals surface area (Å²) >= 11 is 1.53. The van der Waals surface area contributed by atoms with Crippen LogP contribution >= 0.6 is 11.8 Å². The molecule has 1 aromatic carbocycles. The number of carbonyl (C=O) groups is 3. The molecule has 5 rings (SSSR count). The van der Waals surface area contributed by atoms with E-state index in [1.165, 1.54) is 16.7 Å². The van der Waals surface area contributed by atoms with Crippen molar-refractivity contribution in [2.45, 2.75) is 49.1 Å². The van der Waals surface area contributed by atoms with Crippen molar-refractivity contribution in [3.05, 3.63) is 53.6 Å². The summed E-state index contributed by atoms with van der Waals surface area (Å²) in [6.45, 7) is 4.47. The highest BCUT2D eigenvalue weighted by molar-refractivity contribution is 8.02. The van der Waals surface area contributed by atoms with Crippen LogP contribution in [0, 0.1) is 25.7 Å². The SMILES string of the molecule is Cc1cccc(C)c1N1CC=C[C@]23S[C@H]4/C=C\CCCCOC(=O)[C@H]4[C@H]2C(=O)N(CCO)C3C1=O. The molecule has 2 amide bonds. The number of hydrogen-bond donors (Lipinski definition) is 1. The molecule has 1 unspecified atom stereocenters. The van der Waals surface area contributed by atoms with Crippen molar-refractivity contribution in [3.63, 3.8) is 0 Å². The quantitative estimate of drug-likeness (QED) is 0.512. The lowest BCUT2D eigenvalue weighted by Crippen LogP contribution is -2.54. The van der Waals surface area contributed by atoms with Crippen LogP contribution in [-0.4, -0.2) is 70.1 Å². The number of likely N-dealkylation sites (tertiary alicyclic amines) is 1. The van der Waals surface area contributed by atoms with Crippen LogP contribution in [0.25, 0.3) is 0 Å². The van der Waals surface area contributed by atoms with Gasteiger partial charge in [-0.05, 0) is 44.2 Å². The summed E-state index contributed by atoms with van der Waals surface area (Å²) in [5.41, 5.74) is 2.81. The standard InChI is InChI=1S/C27H32N2O5S/c1-17-9-7-10-18(2)22(17)28-13-8-12-27-21(24(31)29(14-15-30)23(27)25(28)32)20-19(35-27)11-5-3-4-6-16-34-26(20)33/h5,7-12,19-21,23,30H,3-4,6,13-16H2,1-2H3/b11-5-/t19-,20+,21-,23?,27-/m0/s1. The second-order valence-corrected chi connectivity index (χ2v) is 11.3. The summed E-state index contributed by atoms with van der Waals surface area (Å²) in [6, 6.07) is 5.11. The predicted molar refractivity (Wildman–Crippen MR) is 135 cm³/mol. The van der Waals surface area contributed by atoms with E-state index in [1.807, 2.05) is 50.3 Å². The van der Waals surface area contributed by atoms with E-state index in [1.54, 1.807) is 4.90 Å². The van der Waals surface area contributed by atoms with Crippen molar-refractivity contribution in [2.24, 2.45) is 11.8 Å². The number of cyclic esters (lactones) is 1. The molecule has 0 bridgehead atoms. The van der Waals surface area contributed by atoms with Crippen LogP contribution in [0.3, 0.4) is 0 Å². The summed E-state index contributed by atoms with van der Waals surface area (Å²) in [5, 5.41) is 9.56. The zero-order chi connectivity index (χ0) is 24.7. The molecule has 35 heavy (non-hydrogen) atoms. The fraction of sp³-hybridized carbons (Fsp3) is 0.519. The van der Waals surface area contributed by atoms with Crippen molar-refractivity contribution >= 4 is 35.2 Å². The second-order valence-electron chi connectivity index (χ2n) is 9.78. The third kappa shape index (κ3) is 3.82. The molecule has 4 aliphatic heterocycles. The fourth-order valence-corrected chi connectivity index (χ4v) is 8.20. The minimum Gasteiger partial charge on any atom is -0.465 e. The van der Waals surface area contributed by atoms with Gasteiger partial charge in [0.2, 0.25) is 5.91 Å². The molecule has 2 saturated heterocycles. The Morgan fingerprint density at radius 1 is 1.11 bits per heavy atom. The number of aliphatic hydroxyl groups is 1. The lowest BCUT2D eigenvalue weighted by molar-refractivity contribution is -0.153. The monoisotopic (exact) mass is 496 g/mol. The van der Waals surface area contributed by atoms with Crippen molar-refractivity contribution < 1.29 is 24.2 Å². The van der Waals surface area contributed by atoms with E-state index in [2.05, 4.69) is 6.08 Å². The maximum Gasteiger partial charge on any atom is 0.311 e. The lowest BCUT2D eigenvalue weighted by Gasteiger charge is -2.35. The van der Waals surface area contributed by atoms with Gasteiger partial charge in [-0.1, -0.05) is 42.5 Å². The number of amides is 2. The van der Waals surface area contributed by atoms with E-state index in [-0.39, 0.29) is 36.2 Å². The number of fused-ring (bicyclic) bond motifs is 2. The number of allylic oxidation sites excluding steroid dienone is 1. The molecule has 0 radical (unpaired) electrons. The fourth-order valence-electron chi connectivity index (χ4n) is 6.20. The molecule has 5 atom stereocenters. The van der Waals surface area contributed by atoms with E-state index in [0.717, 1.165) is 36.1 Å². The van der Waals surface area contributed by atoms with Gasteiger partial charge in [-0.15, -0.1) is 11.8 Å². The molecule has 1 N–H and O–H groups in total. The summed E-state index contributed by atoms with van der Waals surface area (Å²) in [7, 11) is 0. The number of ether oxygens (including phenoxy) is 1.